The van der Waals surface area contributed by atoms with Crippen molar-refractivity contribution < 1.29 is 9.53 Å². The van der Waals surface area contributed by atoms with Crippen LogP contribution in [-0.2, 0) is 4.79 Å². The first kappa shape index (κ1) is 11.7. The van der Waals surface area contributed by atoms with Crippen LogP contribution in [0.1, 0.15) is 17.0 Å². The second kappa shape index (κ2) is 4.69. The summed E-state index contributed by atoms with van der Waals surface area (Å²) >= 11 is 0. The normalized spacial score (nSPS) is 16.7. The molecule has 1 heterocycles. The fourth-order valence-corrected chi connectivity index (χ4v) is 2.34. The number of rotatable bonds is 3. The highest BCUT2D eigenvalue weighted by Crippen LogP contribution is 2.36. The molecule has 1 atom stereocenters. The Balaban J connectivity index is 2.03. The Kier molecular flexibility index (Phi) is 2.88. The second-order valence-electron chi connectivity index (χ2n) is 4.40. The maximum absolute atomic E-state index is 11.4. The van der Waals surface area contributed by atoms with E-state index >= 15 is 0 Å². The number of hydrogen-bond acceptors (Lipinski definition) is 3. The van der Waals surface area contributed by atoms with Gasteiger partial charge in [0.2, 0.25) is 0 Å². The third kappa shape index (κ3) is 1.93. The summed E-state index contributed by atoms with van der Waals surface area (Å²) in [6.07, 6.45) is 0.953. The molecule has 0 saturated carbocycles. The zero-order valence-corrected chi connectivity index (χ0v) is 10.5. The van der Waals surface area contributed by atoms with Gasteiger partial charge in [-0.2, -0.15) is 0 Å². The minimum absolute atomic E-state index is 0.274. The first-order chi connectivity index (χ1) is 9.33. The topological polar surface area (TPSA) is 38.7 Å². The fraction of sp³-hybridized carbons (Fsp3) is 0.125. The number of aliphatic imine (C=N–C) groups is 1. The van der Waals surface area contributed by atoms with E-state index in [1.165, 1.54) is 0 Å². The number of nitrogens with zero attached hydrogens (tertiary/aromatic N) is 1. The molecule has 0 bridgehead atoms. The van der Waals surface area contributed by atoms with Crippen molar-refractivity contribution in [1.29, 1.82) is 0 Å². The van der Waals surface area contributed by atoms with Crippen molar-refractivity contribution in [1.82, 2.24) is 0 Å². The summed E-state index contributed by atoms with van der Waals surface area (Å²) in [5, 5.41) is 0. The largest absolute Gasteiger partial charge is 0.497 e. The van der Waals surface area contributed by atoms with E-state index in [-0.39, 0.29) is 5.92 Å². The summed E-state index contributed by atoms with van der Waals surface area (Å²) in [4.78, 5) is 15.9. The van der Waals surface area contributed by atoms with Crippen LogP contribution >= 0.6 is 0 Å². The van der Waals surface area contributed by atoms with Crippen molar-refractivity contribution in [3.8, 4) is 5.75 Å². The Morgan fingerprint density at radius 2 is 1.84 bits per heavy atom. The number of para-hydroxylation sites is 1. The maximum atomic E-state index is 11.4. The van der Waals surface area contributed by atoms with Gasteiger partial charge in [-0.25, -0.2) is 0 Å². The quantitative estimate of drug-likeness (QED) is 0.786. The molecule has 0 saturated heterocycles. The first-order valence-corrected chi connectivity index (χ1v) is 6.10. The third-order valence-corrected chi connectivity index (χ3v) is 3.33. The smallest absolute Gasteiger partial charge is 0.133 e. The van der Waals surface area contributed by atoms with Gasteiger partial charge in [0, 0.05) is 0 Å². The van der Waals surface area contributed by atoms with E-state index in [4.69, 9.17) is 4.74 Å². The minimum atomic E-state index is -0.274. The number of aldehydes is 1. The Hall–Kier alpha value is -2.42. The van der Waals surface area contributed by atoms with Crippen LogP contribution < -0.4 is 4.74 Å². The summed E-state index contributed by atoms with van der Waals surface area (Å²) in [5.74, 6) is 0.520. The molecule has 1 aliphatic rings. The number of carbonyl (C=O) groups excluding carboxylic acids is 1. The SMILES string of the molecule is COc1ccc(C2=Nc3ccccc3C2C=O)cc1. The average Bonchev–Trinajstić information content (AvgIpc) is 2.85. The van der Waals surface area contributed by atoms with Crippen molar-refractivity contribution in [2.75, 3.05) is 7.11 Å². The molecule has 3 rings (SSSR count). The third-order valence-electron chi connectivity index (χ3n) is 3.33. The molecular formula is C16H13NO2. The van der Waals surface area contributed by atoms with E-state index in [9.17, 15) is 4.79 Å². The highest BCUT2D eigenvalue weighted by Gasteiger charge is 2.27. The monoisotopic (exact) mass is 251 g/mol. The van der Waals surface area contributed by atoms with Gasteiger partial charge in [0.25, 0.3) is 0 Å². The molecule has 2 aromatic carbocycles. The Morgan fingerprint density at radius 3 is 2.53 bits per heavy atom. The van der Waals surface area contributed by atoms with Crippen LogP contribution in [0.5, 0.6) is 5.75 Å². The van der Waals surface area contributed by atoms with Gasteiger partial charge in [0.05, 0.1) is 24.4 Å². The van der Waals surface area contributed by atoms with Gasteiger partial charge in [0.1, 0.15) is 12.0 Å². The zero-order valence-electron chi connectivity index (χ0n) is 10.5. The zero-order chi connectivity index (χ0) is 13.2. The Morgan fingerprint density at radius 1 is 1.11 bits per heavy atom. The van der Waals surface area contributed by atoms with Crippen molar-refractivity contribution in [3.05, 3.63) is 59.7 Å². The number of methoxy groups -OCH3 is 1. The molecule has 94 valence electrons. The lowest BCUT2D eigenvalue weighted by Crippen LogP contribution is -2.11. The molecular weight excluding hydrogens is 238 g/mol. The Bertz CT molecular complexity index is 644. The van der Waals surface area contributed by atoms with E-state index in [0.717, 1.165) is 34.6 Å². The number of benzene rings is 2. The van der Waals surface area contributed by atoms with Crippen molar-refractivity contribution >= 4 is 17.7 Å². The molecule has 1 aliphatic heterocycles. The van der Waals surface area contributed by atoms with Crippen LogP contribution in [0.15, 0.2) is 53.5 Å². The van der Waals surface area contributed by atoms with Crippen LogP contribution in [0.4, 0.5) is 5.69 Å². The standard InChI is InChI=1S/C16H13NO2/c1-19-12-8-6-11(7-9-12)16-14(10-18)13-4-2-3-5-15(13)17-16/h2-10,14H,1H3. The van der Waals surface area contributed by atoms with Crippen molar-refractivity contribution in [2.24, 2.45) is 4.99 Å². The van der Waals surface area contributed by atoms with Crippen molar-refractivity contribution in [2.45, 2.75) is 5.92 Å². The van der Waals surface area contributed by atoms with Gasteiger partial charge in [-0.15, -0.1) is 0 Å². The first-order valence-electron chi connectivity index (χ1n) is 6.10. The van der Waals surface area contributed by atoms with E-state index in [0.29, 0.717) is 0 Å². The van der Waals surface area contributed by atoms with E-state index in [1.807, 2.05) is 48.5 Å². The molecule has 0 amide bonds. The van der Waals surface area contributed by atoms with Gasteiger partial charge < -0.3 is 9.53 Å². The highest BCUT2D eigenvalue weighted by molar-refractivity contribution is 6.16. The summed E-state index contributed by atoms with van der Waals surface area (Å²) in [6.45, 7) is 0. The lowest BCUT2D eigenvalue weighted by molar-refractivity contribution is -0.107. The van der Waals surface area contributed by atoms with E-state index < -0.39 is 0 Å². The molecule has 0 N–H and O–H groups in total. The average molecular weight is 251 g/mol. The van der Waals surface area contributed by atoms with E-state index in [1.54, 1.807) is 7.11 Å². The number of carbonyl (C=O) groups is 1. The molecule has 3 heteroatoms. The maximum Gasteiger partial charge on any atom is 0.133 e. The molecule has 1 unspecified atom stereocenters. The predicted octanol–water partition coefficient (Wildman–Crippen LogP) is 3.11. The van der Waals surface area contributed by atoms with Gasteiger partial charge in [-0.05, 0) is 41.5 Å². The highest BCUT2D eigenvalue weighted by atomic mass is 16.5. The predicted molar refractivity (Wildman–Crippen MR) is 74.4 cm³/mol. The van der Waals surface area contributed by atoms with Gasteiger partial charge >= 0.3 is 0 Å². The molecule has 0 aliphatic carbocycles. The van der Waals surface area contributed by atoms with Gasteiger partial charge in [0.15, 0.2) is 0 Å². The van der Waals surface area contributed by atoms with E-state index in [2.05, 4.69) is 4.99 Å². The summed E-state index contributed by atoms with van der Waals surface area (Å²) in [6, 6.07) is 15.4. The summed E-state index contributed by atoms with van der Waals surface area (Å²) in [5.41, 5.74) is 3.61. The van der Waals surface area contributed by atoms with Crippen LogP contribution in [0.3, 0.4) is 0 Å². The van der Waals surface area contributed by atoms with Crippen LogP contribution in [0.25, 0.3) is 0 Å². The van der Waals surface area contributed by atoms with Crippen LogP contribution in [0.2, 0.25) is 0 Å². The van der Waals surface area contributed by atoms with Crippen molar-refractivity contribution in [3.63, 3.8) is 0 Å². The number of fused-ring (bicyclic) bond motifs is 1. The lowest BCUT2D eigenvalue weighted by atomic mass is 9.93. The molecule has 0 aromatic heterocycles. The summed E-state index contributed by atoms with van der Waals surface area (Å²) < 4.78 is 5.14. The molecule has 2 aromatic rings. The Labute approximate surface area is 111 Å². The number of ether oxygens (including phenoxy) is 1. The van der Waals surface area contributed by atoms with Gasteiger partial charge in [-0.1, -0.05) is 18.2 Å². The summed E-state index contributed by atoms with van der Waals surface area (Å²) in [7, 11) is 1.63. The van der Waals surface area contributed by atoms with Crippen LogP contribution in [-0.4, -0.2) is 19.1 Å². The lowest BCUT2D eigenvalue weighted by Gasteiger charge is -2.08. The minimum Gasteiger partial charge on any atom is -0.497 e. The fourth-order valence-electron chi connectivity index (χ4n) is 2.34. The van der Waals surface area contributed by atoms with Gasteiger partial charge in [-0.3, -0.25) is 4.99 Å². The molecule has 19 heavy (non-hydrogen) atoms. The second-order valence-corrected chi connectivity index (χ2v) is 4.40. The molecule has 0 radical (unpaired) electrons. The molecule has 3 nitrogen and oxygen atoms in total. The molecule has 0 spiro atoms. The number of hydrogen-bond donors (Lipinski definition) is 0. The van der Waals surface area contributed by atoms with Crippen LogP contribution in [0, 0.1) is 0 Å². The molecule has 0 fully saturated rings.